The van der Waals surface area contributed by atoms with Crippen LogP contribution in [0, 0.1) is 17.0 Å². The van der Waals surface area contributed by atoms with Gasteiger partial charge in [0.2, 0.25) is 0 Å². The molecule has 26 heavy (non-hydrogen) atoms. The van der Waals surface area contributed by atoms with E-state index in [1.54, 1.807) is 0 Å². The molecule has 2 rings (SSSR count). The quantitative estimate of drug-likeness (QED) is 0.223. The average Bonchev–Trinajstić information content (AvgIpc) is 2.59. The second kappa shape index (κ2) is 8.99. The fraction of sp³-hybridized carbons (Fsp3) is 0.350. The summed E-state index contributed by atoms with van der Waals surface area (Å²) in [5.41, 5.74) is 2.44. The number of carbonyl (C=O) groups excluding carboxylic acids is 1. The number of hydrogen-bond acceptors (Lipinski definition) is 5. The first-order chi connectivity index (χ1) is 12.4. The number of nitro benzene ring substituents is 1. The Balaban J connectivity index is 1.74. The van der Waals surface area contributed by atoms with Gasteiger partial charge in [0.15, 0.2) is 0 Å². The lowest BCUT2D eigenvalue weighted by atomic mass is 9.98. The number of aryl methyl sites for hydroxylation is 1. The van der Waals surface area contributed by atoms with E-state index in [0.717, 1.165) is 5.75 Å². The van der Waals surface area contributed by atoms with Gasteiger partial charge in [0, 0.05) is 18.6 Å². The lowest BCUT2D eigenvalue weighted by molar-refractivity contribution is -0.384. The first-order valence-corrected chi connectivity index (χ1v) is 8.55. The van der Waals surface area contributed by atoms with Crippen molar-refractivity contribution in [2.24, 2.45) is 0 Å². The van der Waals surface area contributed by atoms with E-state index in [1.165, 1.54) is 35.4 Å². The Labute approximate surface area is 152 Å². The molecule has 0 saturated carbocycles. The van der Waals surface area contributed by atoms with Gasteiger partial charge in [0.1, 0.15) is 11.5 Å². The molecule has 0 spiro atoms. The summed E-state index contributed by atoms with van der Waals surface area (Å²) in [4.78, 5) is 21.9. The van der Waals surface area contributed by atoms with Crippen molar-refractivity contribution in [1.82, 2.24) is 0 Å². The predicted octanol–water partition coefficient (Wildman–Crippen LogP) is 4.79. The summed E-state index contributed by atoms with van der Waals surface area (Å²) < 4.78 is 10.8. The number of non-ortho nitro benzene ring substituents is 1. The van der Waals surface area contributed by atoms with Crippen molar-refractivity contribution in [3.8, 4) is 11.5 Å². The lowest BCUT2D eigenvalue weighted by Crippen LogP contribution is -2.10. The van der Waals surface area contributed by atoms with Crippen LogP contribution < -0.4 is 9.47 Å². The van der Waals surface area contributed by atoms with Crippen LogP contribution in [0.4, 0.5) is 5.69 Å². The highest BCUT2D eigenvalue weighted by atomic mass is 16.6. The van der Waals surface area contributed by atoms with Gasteiger partial charge < -0.3 is 9.47 Å². The number of rotatable bonds is 8. The van der Waals surface area contributed by atoms with Gasteiger partial charge >= 0.3 is 5.97 Å². The van der Waals surface area contributed by atoms with E-state index in [9.17, 15) is 14.9 Å². The van der Waals surface area contributed by atoms with Crippen molar-refractivity contribution >= 4 is 11.7 Å². The molecule has 0 aliphatic rings. The largest absolute Gasteiger partial charge is 0.494 e. The van der Waals surface area contributed by atoms with Gasteiger partial charge in [-0.15, -0.1) is 0 Å². The van der Waals surface area contributed by atoms with Gasteiger partial charge in [-0.3, -0.25) is 14.9 Å². The number of ether oxygens (including phenoxy) is 2. The minimum atomic E-state index is -0.502. The van der Waals surface area contributed by atoms with E-state index in [-0.39, 0.29) is 12.1 Å². The summed E-state index contributed by atoms with van der Waals surface area (Å²) >= 11 is 0. The Morgan fingerprint density at radius 2 is 1.77 bits per heavy atom. The monoisotopic (exact) mass is 357 g/mol. The highest BCUT2D eigenvalue weighted by molar-refractivity contribution is 5.72. The molecular weight excluding hydrogens is 334 g/mol. The standard InChI is InChI=1S/C20H23NO5/c1-14(2)19-11-10-18(13-15(19)3)25-12-4-5-20(22)26-17-8-6-16(7-9-17)21(23)24/h6-11,13-14H,4-5,12H2,1-3H3. The van der Waals surface area contributed by atoms with Gasteiger partial charge in [-0.05, 0) is 54.7 Å². The molecule has 0 aromatic heterocycles. The second-order valence-corrected chi connectivity index (χ2v) is 6.35. The van der Waals surface area contributed by atoms with Crippen LogP contribution in [0.25, 0.3) is 0 Å². The number of nitro groups is 1. The lowest BCUT2D eigenvalue weighted by Gasteiger charge is -2.12. The highest BCUT2D eigenvalue weighted by Crippen LogP contribution is 2.23. The third-order valence-corrected chi connectivity index (χ3v) is 3.94. The molecule has 0 heterocycles. The van der Waals surface area contributed by atoms with Gasteiger partial charge in [-0.2, -0.15) is 0 Å². The molecule has 0 atom stereocenters. The van der Waals surface area contributed by atoms with E-state index in [0.29, 0.717) is 24.7 Å². The number of esters is 1. The van der Waals surface area contributed by atoms with Crippen LogP contribution in [0.3, 0.4) is 0 Å². The molecule has 6 heteroatoms. The Morgan fingerprint density at radius 3 is 2.35 bits per heavy atom. The number of benzene rings is 2. The fourth-order valence-electron chi connectivity index (χ4n) is 2.61. The number of hydrogen-bond donors (Lipinski definition) is 0. The Kier molecular flexibility index (Phi) is 6.72. The first kappa shape index (κ1) is 19.4. The summed E-state index contributed by atoms with van der Waals surface area (Å²) in [5, 5.41) is 10.6. The van der Waals surface area contributed by atoms with Crippen molar-refractivity contribution < 1.29 is 19.2 Å². The summed E-state index contributed by atoms with van der Waals surface area (Å²) in [6.07, 6.45) is 0.733. The average molecular weight is 357 g/mol. The molecule has 2 aromatic carbocycles. The summed E-state index contributed by atoms with van der Waals surface area (Å²) in [6.45, 7) is 6.78. The molecule has 0 fully saturated rings. The predicted molar refractivity (Wildman–Crippen MR) is 98.7 cm³/mol. The molecule has 0 saturated heterocycles. The summed E-state index contributed by atoms with van der Waals surface area (Å²) in [6, 6.07) is 11.4. The Hall–Kier alpha value is -2.89. The zero-order valence-electron chi connectivity index (χ0n) is 15.2. The van der Waals surface area contributed by atoms with Crippen LogP contribution in [-0.2, 0) is 4.79 Å². The van der Waals surface area contributed by atoms with E-state index in [2.05, 4.69) is 26.8 Å². The first-order valence-electron chi connectivity index (χ1n) is 8.55. The molecule has 0 bridgehead atoms. The zero-order valence-corrected chi connectivity index (χ0v) is 15.2. The van der Waals surface area contributed by atoms with Crippen LogP contribution in [0.2, 0.25) is 0 Å². The number of nitrogens with zero attached hydrogens (tertiary/aromatic N) is 1. The van der Waals surface area contributed by atoms with Crippen LogP contribution in [-0.4, -0.2) is 17.5 Å². The van der Waals surface area contributed by atoms with Crippen LogP contribution in [0.15, 0.2) is 42.5 Å². The van der Waals surface area contributed by atoms with Crippen LogP contribution in [0.1, 0.15) is 43.7 Å². The minimum absolute atomic E-state index is 0.0445. The summed E-state index contributed by atoms with van der Waals surface area (Å²) in [7, 11) is 0. The van der Waals surface area contributed by atoms with Crippen molar-refractivity contribution in [3.63, 3.8) is 0 Å². The highest BCUT2D eigenvalue weighted by Gasteiger charge is 2.09. The molecule has 6 nitrogen and oxygen atoms in total. The van der Waals surface area contributed by atoms with Crippen molar-refractivity contribution in [3.05, 3.63) is 63.7 Å². The molecule has 0 aliphatic carbocycles. The third kappa shape index (κ3) is 5.58. The van der Waals surface area contributed by atoms with E-state index >= 15 is 0 Å². The summed E-state index contributed by atoms with van der Waals surface area (Å²) in [5.74, 6) is 1.16. The molecule has 138 valence electrons. The topological polar surface area (TPSA) is 78.7 Å². The molecule has 2 aromatic rings. The van der Waals surface area contributed by atoms with E-state index < -0.39 is 10.9 Å². The fourth-order valence-corrected chi connectivity index (χ4v) is 2.61. The molecule has 0 amide bonds. The van der Waals surface area contributed by atoms with Gasteiger partial charge in [0.25, 0.3) is 5.69 Å². The maximum Gasteiger partial charge on any atom is 0.311 e. The van der Waals surface area contributed by atoms with Crippen molar-refractivity contribution in [1.29, 1.82) is 0 Å². The van der Waals surface area contributed by atoms with Gasteiger partial charge in [-0.1, -0.05) is 19.9 Å². The third-order valence-electron chi connectivity index (χ3n) is 3.94. The Morgan fingerprint density at radius 1 is 1.12 bits per heavy atom. The SMILES string of the molecule is Cc1cc(OCCCC(=O)Oc2ccc([N+](=O)[O-])cc2)ccc1C(C)C. The van der Waals surface area contributed by atoms with E-state index in [1.807, 2.05) is 12.1 Å². The Bertz CT molecular complexity index is 768. The minimum Gasteiger partial charge on any atom is -0.494 e. The van der Waals surface area contributed by atoms with E-state index in [4.69, 9.17) is 9.47 Å². The van der Waals surface area contributed by atoms with Crippen molar-refractivity contribution in [2.45, 2.75) is 39.5 Å². The normalized spacial score (nSPS) is 10.6. The zero-order chi connectivity index (χ0) is 19.1. The van der Waals surface area contributed by atoms with Crippen LogP contribution in [0.5, 0.6) is 11.5 Å². The molecule has 0 radical (unpaired) electrons. The smallest absolute Gasteiger partial charge is 0.311 e. The molecule has 0 aliphatic heterocycles. The van der Waals surface area contributed by atoms with Crippen molar-refractivity contribution in [2.75, 3.05) is 6.61 Å². The second-order valence-electron chi connectivity index (χ2n) is 6.35. The van der Waals surface area contributed by atoms with Crippen LogP contribution >= 0.6 is 0 Å². The molecule has 0 unspecified atom stereocenters. The number of carbonyl (C=O) groups is 1. The van der Waals surface area contributed by atoms with Gasteiger partial charge in [0.05, 0.1) is 11.5 Å². The molecular formula is C20H23NO5. The maximum absolute atomic E-state index is 11.8. The molecule has 0 N–H and O–H groups in total. The maximum atomic E-state index is 11.8. The van der Waals surface area contributed by atoms with Gasteiger partial charge in [-0.25, -0.2) is 0 Å².